The lowest BCUT2D eigenvalue weighted by atomic mass is 10.0. The maximum atomic E-state index is 12.1. The maximum Gasteiger partial charge on any atom is 0.248 e. The van der Waals surface area contributed by atoms with Crippen LogP contribution >= 0.6 is 31.9 Å². The van der Waals surface area contributed by atoms with Crippen molar-refractivity contribution >= 4 is 43.5 Å². The number of hydrogen-bond acceptors (Lipinski definition) is 2. The number of amides is 1. The molecule has 0 saturated heterocycles. The fourth-order valence-electron chi connectivity index (χ4n) is 1.94. The molecule has 2 rings (SSSR count). The molecule has 5 heteroatoms. The molecule has 1 aromatic rings. The van der Waals surface area contributed by atoms with Gasteiger partial charge in [-0.15, -0.1) is 0 Å². The van der Waals surface area contributed by atoms with E-state index in [4.69, 9.17) is 0 Å². The van der Waals surface area contributed by atoms with Gasteiger partial charge >= 0.3 is 0 Å². The molecule has 1 aromatic carbocycles. The Morgan fingerprint density at radius 2 is 1.90 bits per heavy atom. The van der Waals surface area contributed by atoms with E-state index in [0.717, 1.165) is 17.7 Å². The van der Waals surface area contributed by atoms with Crippen LogP contribution in [0.15, 0.2) is 23.3 Å². The first kappa shape index (κ1) is 15.7. The van der Waals surface area contributed by atoms with Crippen LogP contribution in [0.1, 0.15) is 37.0 Å². The number of nitrogens with zero attached hydrogens (tertiary/aromatic N) is 1. The van der Waals surface area contributed by atoms with Crippen LogP contribution in [0.5, 0.6) is 0 Å². The smallest absolute Gasteiger partial charge is 0.248 e. The van der Waals surface area contributed by atoms with Crippen molar-refractivity contribution in [1.29, 1.82) is 0 Å². The Labute approximate surface area is 136 Å². The molecular weight excluding hydrogens is 384 g/mol. The van der Waals surface area contributed by atoms with E-state index in [1.54, 1.807) is 0 Å². The average molecular weight is 402 g/mol. The molecule has 3 nitrogen and oxygen atoms in total. The van der Waals surface area contributed by atoms with Gasteiger partial charge in [-0.1, -0.05) is 44.0 Å². The molecule has 0 bridgehead atoms. The Bertz CT molecular complexity index is 596. The second-order valence-corrected chi connectivity index (χ2v) is 9.42. The van der Waals surface area contributed by atoms with Crippen molar-refractivity contribution in [2.45, 2.75) is 37.3 Å². The monoisotopic (exact) mass is 400 g/mol. The summed E-state index contributed by atoms with van der Waals surface area (Å²) in [5, 5.41) is 4.21. The van der Waals surface area contributed by atoms with Gasteiger partial charge in [0.15, 0.2) is 0 Å². The lowest BCUT2D eigenvalue weighted by Gasteiger charge is -2.11. The topological polar surface area (TPSA) is 41.5 Å². The zero-order valence-electron chi connectivity index (χ0n) is 12.1. The third-order valence-corrected chi connectivity index (χ3v) is 6.32. The Kier molecular flexibility index (Phi) is 4.13. The standard InChI is InChI=1S/C15H18Br2N2O/c1-9-5-6-12(7-10(9)2)11(3)18-19-13(20)14(4)8-15(14,16)17/h5-7H,8H2,1-4H3,(H,19,20)/b18-11-/t14-/m1/s1. The van der Waals surface area contributed by atoms with E-state index in [-0.39, 0.29) is 9.14 Å². The van der Waals surface area contributed by atoms with Crippen LogP contribution in [0.2, 0.25) is 0 Å². The zero-order valence-corrected chi connectivity index (χ0v) is 15.2. The van der Waals surface area contributed by atoms with Crippen LogP contribution in [0, 0.1) is 19.3 Å². The number of carbonyl (C=O) groups excluding carboxylic acids is 1. The maximum absolute atomic E-state index is 12.1. The highest BCUT2D eigenvalue weighted by Gasteiger charge is 2.66. The third kappa shape index (κ3) is 2.84. The van der Waals surface area contributed by atoms with Gasteiger partial charge in [0.2, 0.25) is 5.91 Å². The van der Waals surface area contributed by atoms with Crippen molar-refractivity contribution in [3.8, 4) is 0 Å². The molecule has 0 spiro atoms. The summed E-state index contributed by atoms with van der Waals surface area (Å²) in [6, 6.07) is 6.17. The van der Waals surface area contributed by atoms with Crippen molar-refractivity contribution in [3.05, 3.63) is 34.9 Å². The van der Waals surface area contributed by atoms with Crippen LogP contribution in [-0.2, 0) is 4.79 Å². The number of hydrazone groups is 1. The van der Waals surface area contributed by atoms with Gasteiger partial charge in [0.1, 0.15) is 0 Å². The Balaban J connectivity index is 2.08. The van der Waals surface area contributed by atoms with Gasteiger partial charge in [0.05, 0.1) is 14.4 Å². The van der Waals surface area contributed by atoms with Gasteiger partial charge in [-0.2, -0.15) is 5.10 Å². The van der Waals surface area contributed by atoms with Gasteiger partial charge in [0, 0.05) is 0 Å². The fraction of sp³-hybridized carbons (Fsp3) is 0.467. The molecule has 1 saturated carbocycles. The zero-order chi connectivity index (χ0) is 15.1. The lowest BCUT2D eigenvalue weighted by molar-refractivity contribution is -0.125. The predicted octanol–water partition coefficient (Wildman–Crippen LogP) is 4.04. The van der Waals surface area contributed by atoms with E-state index in [9.17, 15) is 4.79 Å². The molecular formula is C15H18Br2N2O. The summed E-state index contributed by atoms with van der Waals surface area (Å²) in [6.45, 7) is 7.95. The average Bonchev–Trinajstić information content (AvgIpc) is 2.90. The minimum absolute atomic E-state index is 0.0746. The summed E-state index contributed by atoms with van der Waals surface area (Å²) in [4.78, 5) is 12.1. The molecule has 0 aromatic heterocycles. The predicted molar refractivity (Wildman–Crippen MR) is 89.6 cm³/mol. The Morgan fingerprint density at radius 1 is 1.30 bits per heavy atom. The normalized spacial score (nSPS) is 24.4. The van der Waals surface area contributed by atoms with Crippen LogP contribution < -0.4 is 5.43 Å². The van der Waals surface area contributed by atoms with E-state index >= 15 is 0 Å². The molecule has 1 atom stereocenters. The van der Waals surface area contributed by atoms with Crippen LogP contribution in [0.3, 0.4) is 0 Å². The summed E-state index contributed by atoms with van der Waals surface area (Å²) < 4.78 is -0.291. The summed E-state index contributed by atoms with van der Waals surface area (Å²) in [5.74, 6) is -0.0746. The second kappa shape index (κ2) is 5.26. The minimum Gasteiger partial charge on any atom is -0.272 e. The van der Waals surface area contributed by atoms with Crippen LogP contribution in [0.25, 0.3) is 0 Å². The van der Waals surface area contributed by atoms with E-state index < -0.39 is 5.41 Å². The van der Waals surface area contributed by atoms with Crippen molar-refractivity contribution in [1.82, 2.24) is 5.43 Å². The van der Waals surface area contributed by atoms with Crippen LogP contribution in [0.4, 0.5) is 0 Å². The first-order valence-electron chi connectivity index (χ1n) is 6.47. The highest BCUT2D eigenvalue weighted by molar-refractivity contribution is 9.25. The molecule has 1 fully saturated rings. The first-order chi connectivity index (χ1) is 9.17. The number of alkyl halides is 2. The molecule has 0 aliphatic heterocycles. The van der Waals surface area contributed by atoms with Crippen LogP contribution in [-0.4, -0.2) is 14.9 Å². The molecule has 1 N–H and O–H groups in total. The lowest BCUT2D eigenvalue weighted by Crippen LogP contribution is -2.30. The van der Waals surface area contributed by atoms with Crippen molar-refractivity contribution in [2.75, 3.05) is 0 Å². The molecule has 0 heterocycles. The van der Waals surface area contributed by atoms with E-state index in [0.29, 0.717) is 0 Å². The highest BCUT2D eigenvalue weighted by Crippen LogP contribution is 2.66. The van der Waals surface area contributed by atoms with Crippen molar-refractivity contribution in [3.63, 3.8) is 0 Å². The molecule has 108 valence electrons. The summed E-state index contributed by atoms with van der Waals surface area (Å²) in [7, 11) is 0. The van der Waals surface area contributed by atoms with Gasteiger partial charge in [-0.3, -0.25) is 4.79 Å². The number of halogens is 2. The quantitative estimate of drug-likeness (QED) is 0.463. The minimum atomic E-state index is -0.444. The van der Waals surface area contributed by atoms with Crippen molar-refractivity contribution < 1.29 is 4.79 Å². The van der Waals surface area contributed by atoms with Gasteiger partial charge in [-0.25, -0.2) is 5.43 Å². The SMILES string of the molecule is C/C(=N/NC(=O)[C@@]1(C)CC1(Br)Br)c1ccc(C)c(C)c1. The number of hydrogen-bond donors (Lipinski definition) is 1. The van der Waals surface area contributed by atoms with Gasteiger partial charge < -0.3 is 0 Å². The first-order valence-corrected chi connectivity index (χ1v) is 8.06. The second-order valence-electron chi connectivity index (χ2n) is 5.65. The number of aryl methyl sites for hydroxylation is 2. The molecule has 20 heavy (non-hydrogen) atoms. The molecule has 0 unspecified atom stereocenters. The van der Waals surface area contributed by atoms with E-state index in [1.165, 1.54) is 11.1 Å². The largest absolute Gasteiger partial charge is 0.272 e. The molecule has 1 aliphatic rings. The molecule has 0 radical (unpaired) electrons. The third-order valence-electron chi connectivity index (χ3n) is 4.01. The number of carbonyl (C=O) groups is 1. The van der Waals surface area contributed by atoms with Gasteiger partial charge in [0.25, 0.3) is 0 Å². The summed E-state index contributed by atoms with van der Waals surface area (Å²) in [5.41, 5.74) is 6.52. The number of nitrogens with one attached hydrogen (secondary N) is 1. The highest BCUT2D eigenvalue weighted by atomic mass is 79.9. The Hall–Kier alpha value is -0.680. The molecule has 1 aliphatic carbocycles. The van der Waals surface area contributed by atoms with E-state index in [2.05, 4.69) is 68.4 Å². The number of rotatable bonds is 3. The summed E-state index contributed by atoms with van der Waals surface area (Å²) in [6.07, 6.45) is 0.754. The fourth-order valence-corrected chi connectivity index (χ4v) is 3.42. The van der Waals surface area contributed by atoms with Gasteiger partial charge in [-0.05, 0) is 56.9 Å². The number of benzene rings is 1. The summed E-state index contributed by atoms with van der Waals surface area (Å²) >= 11 is 6.97. The molecule has 1 amide bonds. The van der Waals surface area contributed by atoms with E-state index in [1.807, 2.05) is 19.9 Å². The Morgan fingerprint density at radius 3 is 2.40 bits per heavy atom. The van der Waals surface area contributed by atoms with Crippen molar-refractivity contribution in [2.24, 2.45) is 10.5 Å².